The van der Waals surface area contributed by atoms with E-state index in [0.29, 0.717) is 17.0 Å². The zero-order valence-corrected chi connectivity index (χ0v) is 13.1. The lowest BCUT2D eigenvalue weighted by molar-refractivity contribution is -0.136. The molecular formula is C18H16F3NO2. The van der Waals surface area contributed by atoms with Crippen molar-refractivity contribution < 1.29 is 22.7 Å². The Bertz CT molecular complexity index is 750. The molecule has 0 unspecified atom stereocenters. The molecule has 0 aliphatic heterocycles. The van der Waals surface area contributed by atoms with Gasteiger partial charge in [-0.2, -0.15) is 13.2 Å². The molecule has 0 saturated heterocycles. The summed E-state index contributed by atoms with van der Waals surface area (Å²) in [6.07, 6.45) is -3.21. The van der Waals surface area contributed by atoms with Crippen LogP contribution < -0.4 is 10.1 Å². The molecule has 2 rings (SSSR count). The predicted molar refractivity (Wildman–Crippen MR) is 86.1 cm³/mol. The van der Waals surface area contributed by atoms with Crippen LogP contribution in [0.25, 0.3) is 0 Å². The van der Waals surface area contributed by atoms with E-state index in [1.807, 2.05) is 0 Å². The van der Waals surface area contributed by atoms with Gasteiger partial charge in [-0.25, -0.2) is 0 Å². The van der Waals surface area contributed by atoms with Crippen LogP contribution in [0.2, 0.25) is 0 Å². The summed E-state index contributed by atoms with van der Waals surface area (Å²) in [4.78, 5) is 12.1. The number of ether oxygens (including phenoxy) is 1. The van der Waals surface area contributed by atoms with Gasteiger partial charge in [0.15, 0.2) is 5.78 Å². The van der Waals surface area contributed by atoms with Crippen molar-refractivity contribution in [1.82, 2.24) is 0 Å². The van der Waals surface area contributed by atoms with Crippen LogP contribution >= 0.6 is 0 Å². The van der Waals surface area contributed by atoms with Gasteiger partial charge in [-0.3, -0.25) is 4.79 Å². The van der Waals surface area contributed by atoms with Crippen LogP contribution in [0.4, 0.5) is 18.9 Å². The van der Waals surface area contributed by atoms with Gasteiger partial charge in [0, 0.05) is 17.3 Å². The van der Waals surface area contributed by atoms with Gasteiger partial charge < -0.3 is 10.1 Å². The summed E-state index contributed by atoms with van der Waals surface area (Å²) in [7, 11) is 1.52. The van der Waals surface area contributed by atoms with Gasteiger partial charge in [0.25, 0.3) is 0 Å². The molecule has 24 heavy (non-hydrogen) atoms. The first-order chi connectivity index (χ1) is 11.3. The van der Waals surface area contributed by atoms with E-state index in [4.69, 9.17) is 4.74 Å². The zero-order chi connectivity index (χ0) is 17.7. The number of hydrogen-bond acceptors (Lipinski definition) is 3. The third-order valence-electron chi connectivity index (χ3n) is 3.29. The minimum atomic E-state index is -4.47. The van der Waals surface area contributed by atoms with Crippen molar-refractivity contribution >= 4 is 11.5 Å². The third kappa shape index (κ3) is 4.38. The van der Waals surface area contributed by atoms with Crippen LogP contribution in [0.3, 0.4) is 0 Å². The molecule has 0 aromatic heterocycles. The summed E-state index contributed by atoms with van der Waals surface area (Å²) in [5, 5.41) is 2.64. The van der Waals surface area contributed by atoms with Gasteiger partial charge in [0.2, 0.25) is 0 Å². The molecule has 0 aliphatic rings. The topological polar surface area (TPSA) is 38.3 Å². The third-order valence-corrected chi connectivity index (χ3v) is 3.29. The molecule has 2 aromatic rings. The van der Waals surface area contributed by atoms with Gasteiger partial charge in [-0.15, -0.1) is 0 Å². The van der Waals surface area contributed by atoms with E-state index in [-0.39, 0.29) is 11.5 Å². The van der Waals surface area contributed by atoms with Crippen LogP contribution in [0.5, 0.6) is 5.75 Å². The maximum atomic E-state index is 13.0. The highest BCUT2D eigenvalue weighted by Gasteiger charge is 2.33. The van der Waals surface area contributed by atoms with E-state index in [0.717, 1.165) is 6.07 Å². The number of ketones is 1. The molecule has 3 nitrogen and oxygen atoms in total. The molecule has 0 fully saturated rings. The number of methoxy groups -OCH3 is 1. The molecule has 2 aromatic carbocycles. The number of anilines is 1. The Morgan fingerprint density at radius 2 is 1.71 bits per heavy atom. The lowest BCUT2D eigenvalue weighted by atomic mass is 10.1. The van der Waals surface area contributed by atoms with Crippen LogP contribution in [0, 0.1) is 0 Å². The largest absolute Gasteiger partial charge is 0.497 e. The normalized spacial score (nSPS) is 12.0. The van der Waals surface area contributed by atoms with Crippen molar-refractivity contribution in [2.45, 2.75) is 13.1 Å². The van der Waals surface area contributed by atoms with Crippen molar-refractivity contribution in [3.05, 3.63) is 71.4 Å². The minimum absolute atomic E-state index is 0.0960. The number of benzene rings is 2. The van der Waals surface area contributed by atoms with Gasteiger partial charge in [0.05, 0.1) is 18.4 Å². The number of allylic oxidation sites excluding steroid dienone is 2. The molecule has 0 bridgehead atoms. The Morgan fingerprint density at radius 1 is 1.08 bits per heavy atom. The first-order valence-corrected chi connectivity index (χ1v) is 7.11. The average Bonchev–Trinajstić information content (AvgIpc) is 2.54. The second-order valence-electron chi connectivity index (χ2n) is 5.09. The predicted octanol–water partition coefficient (Wildman–Crippen LogP) is 4.91. The van der Waals surface area contributed by atoms with Gasteiger partial charge in [-0.05, 0) is 43.3 Å². The maximum absolute atomic E-state index is 13.0. The summed E-state index contributed by atoms with van der Waals surface area (Å²) >= 11 is 0. The summed E-state index contributed by atoms with van der Waals surface area (Å²) in [5.74, 6) is 0.302. The second kappa shape index (κ2) is 7.21. The Kier molecular flexibility index (Phi) is 5.28. The fourth-order valence-corrected chi connectivity index (χ4v) is 2.12. The lowest BCUT2D eigenvalue weighted by Gasteiger charge is -2.14. The van der Waals surface area contributed by atoms with Crippen LogP contribution in [0.1, 0.15) is 22.8 Å². The fourth-order valence-electron chi connectivity index (χ4n) is 2.12. The molecule has 0 spiro atoms. The lowest BCUT2D eigenvalue weighted by Crippen LogP contribution is -2.10. The summed E-state index contributed by atoms with van der Waals surface area (Å²) in [5.41, 5.74) is -0.149. The first kappa shape index (κ1) is 17.6. The Labute approximate surface area is 137 Å². The number of nitrogens with one attached hydrogen (secondary N) is 1. The molecule has 0 heterocycles. The van der Waals surface area contributed by atoms with E-state index in [1.165, 1.54) is 38.3 Å². The number of hydrogen-bond donors (Lipinski definition) is 1. The Morgan fingerprint density at radius 3 is 2.29 bits per heavy atom. The highest BCUT2D eigenvalue weighted by molar-refractivity contribution is 6.05. The van der Waals surface area contributed by atoms with Crippen LogP contribution in [-0.2, 0) is 6.18 Å². The molecule has 0 amide bonds. The summed E-state index contributed by atoms with van der Waals surface area (Å²) < 4.78 is 43.9. The second-order valence-corrected chi connectivity index (χ2v) is 5.09. The molecule has 126 valence electrons. The molecule has 0 atom stereocenters. The Balaban J connectivity index is 2.18. The monoisotopic (exact) mass is 335 g/mol. The number of halogens is 3. The molecule has 0 saturated carbocycles. The van der Waals surface area contributed by atoms with E-state index >= 15 is 0 Å². The zero-order valence-electron chi connectivity index (χ0n) is 13.1. The molecule has 6 heteroatoms. The van der Waals surface area contributed by atoms with Crippen LogP contribution in [-0.4, -0.2) is 12.9 Å². The Hall–Kier alpha value is -2.76. The highest BCUT2D eigenvalue weighted by atomic mass is 19.4. The van der Waals surface area contributed by atoms with Crippen molar-refractivity contribution in [1.29, 1.82) is 0 Å². The number of para-hydroxylation sites is 1. The maximum Gasteiger partial charge on any atom is 0.418 e. The van der Waals surface area contributed by atoms with E-state index < -0.39 is 11.7 Å². The summed E-state index contributed by atoms with van der Waals surface area (Å²) in [6.45, 7) is 1.54. The van der Waals surface area contributed by atoms with Gasteiger partial charge in [0.1, 0.15) is 5.75 Å². The van der Waals surface area contributed by atoms with E-state index in [1.54, 1.807) is 24.3 Å². The standard InChI is InChI=1S/C18H16F3NO2/c1-12(11-17(23)13-7-9-14(24-2)10-8-13)22-16-6-4-3-5-15(16)18(19,20)21/h3-11,22H,1-2H3/b12-11+. The SMILES string of the molecule is COc1ccc(C(=O)/C=C(\C)Nc2ccccc2C(F)(F)F)cc1. The summed E-state index contributed by atoms with van der Waals surface area (Å²) in [6, 6.07) is 11.6. The number of rotatable bonds is 5. The van der Waals surface area contributed by atoms with Gasteiger partial charge >= 0.3 is 6.18 Å². The minimum Gasteiger partial charge on any atom is -0.497 e. The van der Waals surface area contributed by atoms with Crippen molar-refractivity contribution in [2.24, 2.45) is 0 Å². The smallest absolute Gasteiger partial charge is 0.418 e. The van der Waals surface area contributed by atoms with Crippen molar-refractivity contribution in [3.8, 4) is 5.75 Å². The van der Waals surface area contributed by atoms with E-state index in [9.17, 15) is 18.0 Å². The quantitative estimate of drug-likeness (QED) is 0.623. The van der Waals surface area contributed by atoms with Crippen LogP contribution in [0.15, 0.2) is 60.3 Å². The fraction of sp³-hybridized carbons (Fsp3) is 0.167. The average molecular weight is 335 g/mol. The number of alkyl halides is 3. The molecule has 0 aliphatic carbocycles. The molecule has 0 radical (unpaired) electrons. The van der Waals surface area contributed by atoms with Crippen molar-refractivity contribution in [2.75, 3.05) is 12.4 Å². The molecular weight excluding hydrogens is 319 g/mol. The highest BCUT2D eigenvalue weighted by Crippen LogP contribution is 2.35. The van der Waals surface area contributed by atoms with E-state index in [2.05, 4.69) is 5.32 Å². The first-order valence-electron chi connectivity index (χ1n) is 7.11. The van der Waals surface area contributed by atoms with Gasteiger partial charge in [-0.1, -0.05) is 12.1 Å². The number of carbonyl (C=O) groups is 1. The van der Waals surface area contributed by atoms with Crippen molar-refractivity contribution in [3.63, 3.8) is 0 Å². The molecule has 1 N–H and O–H groups in total. The number of carbonyl (C=O) groups excluding carboxylic acids is 1.